The van der Waals surface area contributed by atoms with Gasteiger partial charge in [-0.2, -0.15) is 0 Å². The third kappa shape index (κ3) is 5.28. The smallest absolute Gasteiger partial charge is 0.136 e. The highest BCUT2D eigenvalue weighted by molar-refractivity contribution is 6.09. The average Bonchev–Trinajstić information content (AvgIpc) is 3.80. The van der Waals surface area contributed by atoms with Crippen LogP contribution in [0.4, 0.5) is 17.1 Å². The fraction of sp³-hybridized carbons (Fsp3) is 0. The molecular weight excluding hydrogens is 669 g/mol. The minimum atomic E-state index is 0.900. The van der Waals surface area contributed by atoms with Crippen LogP contribution in [0.15, 0.2) is 211 Å². The van der Waals surface area contributed by atoms with Crippen LogP contribution in [0.3, 0.4) is 0 Å². The highest BCUT2D eigenvalue weighted by atomic mass is 16.3. The van der Waals surface area contributed by atoms with E-state index >= 15 is 0 Å². The van der Waals surface area contributed by atoms with E-state index in [0.717, 1.165) is 55.8 Å². The van der Waals surface area contributed by atoms with Crippen LogP contribution in [0.25, 0.3) is 82.5 Å². The van der Waals surface area contributed by atoms with Crippen molar-refractivity contribution in [3.8, 4) is 27.9 Å². The molecule has 11 aromatic rings. The summed E-state index contributed by atoms with van der Waals surface area (Å²) in [5.74, 6) is 0. The van der Waals surface area contributed by atoms with Gasteiger partial charge in [0, 0.05) is 44.3 Å². The molecule has 9 aromatic carbocycles. The van der Waals surface area contributed by atoms with Crippen LogP contribution >= 0.6 is 0 Å². The SMILES string of the molecule is c1cc(-c2ccc3ccccc3c2)cc(N(c2ccc(-c3ccc4c(c3)oc3ccccc34)cc2)c2cccc(-n3c4ccccc4c4ccccc43)c2)c1. The van der Waals surface area contributed by atoms with Crippen molar-refractivity contribution in [2.45, 2.75) is 0 Å². The van der Waals surface area contributed by atoms with Gasteiger partial charge in [-0.3, -0.25) is 0 Å². The molecule has 11 rings (SSSR count). The van der Waals surface area contributed by atoms with Crippen molar-refractivity contribution in [2.75, 3.05) is 4.90 Å². The fourth-order valence-electron chi connectivity index (χ4n) is 8.32. The van der Waals surface area contributed by atoms with Gasteiger partial charge < -0.3 is 13.9 Å². The standard InChI is InChI=1S/C52H34N2O/c1-2-12-37-31-39(24-23-35(37)11-1)38-13-9-14-42(32-38)53(41-28-25-36(26-29-41)40-27-30-48-47-19-5-8-22-51(47)55-52(48)33-40)43-15-10-16-44(34-43)54-49-20-6-3-17-45(49)46-18-4-7-21-50(46)54/h1-34H. The summed E-state index contributed by atoms with van der Waals surface area (Å²) < 4.78 is 8.63. The van der Waals surface area contributed by atoms with Gasteiger partial charge in [0.15, 0.2) is 0 Å². The third-order valence-corrected chi connectivity index (χ3v) is 11.0. The molecule has 2 aromatic heterocycles. The molecule has 0 aliphatic rings. The number of nitrogens with zero attached hydrogens (tertiary/aromatic N) is 2. The molecule has 0 bridgehead atoms. The molecule has 2 heterocycles. The Labute approximate surface area is 318 Å². The first-order chi connectivity index (χ1) is 27.2. The lowest BCUT2D eigenvalue weighted by molar-refractivity contribution is 0.669. The zero-order valence-corrected chi connectivity index (χ0v) is 29.9. The van der Waals surface area contributed by atoms with Gasteiger partial charge in [-0.1, -0.05) is 127 Å². The minimum Gasteiger partial charge on any atom is -0.456 e. The Bertz CT molecular complexity index is 3170. The number of fused-ring (bicyclic) bond motifs is 7. The molecule has 0 amide bonds. The first-order valence-corrected chi connectivity index (χ1v) is 18.7. The zero-order valence-electron chi connectivity index (χ0n) is 29.9. The van der Waals surface area contributed by atoms with Crippen molar-refractivity contribution in [3.63, 3.8) is 0 Å². The molecule has 0 N–H and O–H groups in total. The lowest BCUT2D eigenvalue weighted by Gasteiger charge is -2.27. The van der Waals surface area contributed by atoms with Gasteiger partial charge in [0.2, 0.25) is 0 Å². The summed E-state index contributed by atoms with van der Waals surface area (Å²) in [6.45, 7) is 0. The number of aromatic nitrogens is 1. The molecule has 0 saturated carbocycles. The summed E-state index contributed by atoms with van der Waals surface area (Å²) in [6.07, 6.45) is 0. The monoisotopic (exact) mass is 702 g/mol. The van der Waals surface area contributed by atoms with Crippen molar-refractivity contribution >= 4 is 71.6 Å². The highest BCUT2D eigenvalue weighted by Gasteiger charge is 2.18. The summed E-state index contributed by atoms with van der Waals surface area (Å²) in [7, 11) is 0. The van der Waals surface area contributed by atoms with Crippen LogP contribution in [0, 0.1) is 0 Å². The maximum Gasteiger partial charge on any atom is 0.136 e. The normalized spacial score (nSPS) is 11.6. The second-order valence-corrected chi connectivity index (χ2v) is 14.2. The van der Waals surface area contributed by atoms with Crippen LogP contribution in [0.1, 0.15) is 0 Å². The predicted octanol–water partition coefficient (Wildman–Crippen LogP) is 14.6. The molecule has 0 unspecified atom stereocenters. The average molecular weight is 703 g/mol. The van der Waals surface area contributed by atoms with E-state index in [0.29, 0.717) is 0 Å². The largest absolute Gasteiger partial charge is 0.456 e. The quantitative estimate of drug-likeness (QED) is 0.172. The highest BCUT2D eigenvalue weighted by Crippen LogP contribution is 2.40. The van der Waals surface area contributed by atoms with Crippen LogP contribution in [0.2, 0.25) is 0 Å². The number of anilines is 3. The molecule has 3 nitrogen and oxygen atoms in total. The van der Waals surface area contributed by atoms with Crippen molar-refractivity contribution in [1.82, 2.24) is 4.57 Å². The second kappa shape index (κ2) is 12.6. The number of furan rings is 1. The van der Waals surface area contributed by atoms with Gasteiger partial charge in [0.1, 0.15) is 11.2 Å². The summed E-state index contributed by atoms with van der Waals surface area (Å²) in [5.41, 5.74) is 13.2. The summed E-state index contributed by atoms with van der Waals surface area (Å²) in [5, 5.41) is 7.25. The molecule has 0 aliphatic carbocycles. The first-order valence-electron chi connectivity index (χ1n) is 18.7. The Morgan fingerprint density at radius 2 is 0.909 bits per heavy atom. The molecule has 0 radical (unpaired) electrons. The Hall–Kier alpha value is -7.36. The number of hydrogen-bond acceptors (Lipinski definition) is 2. The molecule has 0 atom stereocenters. The van der Waals surface area contributed by atoms with Crippen molar-refractivity contribution in [1.29, 1.82) is 0 Å². The lowest BCUT2D eigenvalue weighted by Crippen LogP contribution is -2.10. The Kier molecular flexibility index (Phi) is 7.17. The van der Waals surface area contributed by atoms with E-state index in [4.69, 9.17) is 4.42 Å². The number of para-hydroxylation sites is 3. The lowest BCUT2D eigenvalue weighted by atomic mass is 10.00. The second-order valence-electron chi connectivity index (χ2n) is 14.2. The Morgan fingerprint density at radius 3 is 1.71 bits per heavy atom. The van der Waals surface area contributed by atoms with Crippen LogP contribution in [0.5, 0.6) is 0 Å². The van der Waals surface area contributed by atoms with Crippen LogP contribution < -0.4 is 4.90 Å². The zero-order chi connectivity index (χ0) is 36.3. The van der Waals surface area contributed by atoms with Gasteiger partial charge in [0.05, 0.1) is 11.0 Å². The van der Waals surface area contributed by atoms with E-state index in [1.54, 1.807) is 0 Å². The minimum absolute atomic E-state index is 0.900. The van der Waals surface area contributed by atoms with E-state index in [2.05, 4.69) is 204 Å². The maximum absolute atomic E-state index is 6.25. The fourth-order valence-corrected chi connectivity index (χ4v) is 8.32. The van der Waals surface area contributed by atoms with Gasteiger partial charge >= 0.3 is 0 Å². The summed E-state index contributed by atoms with van der Waals surface area (Å²) >= 11 is 0. The molecular formula is C52H34N2O. The van der Waals surface area contributed by atoms with Crippen LogP contribution in [-0.4, -0.2) is 4.57 Å². The first kappa shape index (κ1) is 31.2. The van der Waals surface area contributed by atoms with E-state index in [1.165, 1.54) is 43.7 Å². The molecule has 0 aliphatic heterocycles. The maximum atomic E-state index is 6.25. The van der Waals surface area contributed by atoms with Gasteiger partial charge in [-0.05, 0) is 112 Å². The summed E-state index contributed by atoms with van der Waals surface area (Å²) in [6, 6.07) is 74.1. The third-order valence-electron chi connectivity index (χ3n) is 11.0. The van der Waals surface area contributed by atoms with Gasteiger partial charge in [-0.15, -0.1) is 0 Å². The van der Waals surface area contributed by atoms with Crippen molar-refractivity contribution < 1.29 is 4.42 Å². The topological polar surface area (TPSA) is 21.3 Å². The van der Waals surface area contributed by atoms with Gasteiger partial charge in [-0.25, -0.2) is 0 Å². The summed E-state index contributed by atoms with van der Waals surface area (Å²) in [4.78, 5) is 2.37. The number of hydrogen-bond donors (Lipinski definition) is 0. The van der Waals surface area contributed by atoms with E-state index in [1.807, 2.05) is 12.1 Å². The molecule has 55 heavy (non-hydrogen) atoms. The molecule has 0 fully saturated rings. The van der Waals surface area contributed by atoms with Crippen molar-refractivity contribution in [2.24, 2.45) is 0 Å². The van der Waals surface area contributed by atoms with Crippen molar-refractivity contribution in [3.05, 3.63) is 206 Å². The number of benzene rings is 9. The van der Waals surface area contributed by atoms with Gasteiger partial charge in [0.25, 0.3) is 0 Å². The van der Waals surface area contributed by atoms with E-state index in [-0.39, 0.29) is 0 Å². The molecule has 3 heteroatoms. The Balaban J connectivity index is 1.05. The van der Waals surface area contributed by atoms with Crippen LogP contribution in [-0.2, 0) is 0 Å². The molecule has 0 saturated heterocycles. The Morgan fingerprint density at radius 1 is 0.327 bits per heavy atom. The molecule has 0 spiro atoms. The molecule has 258 valence electrons. The number of rotatable bonds is 6. The predicted molar refractivity (Wildman–Crippen MR) is 231 cm³/mol. The van der Waals surface area contributed by atoms with E-state index in [9.17, 15) is 0 Å². The van der Waals surface area contributed by atoms with E-state index < -0.39 is 0 Å².